The van der Waals surface area contributed by atoms with Gasteiger partial charge >= 0.3 is 5.97 Å². The summed E-state index contributed by atoms with van der Waals surface area (Å²) in [6.07, 6.45) is 8.93. The zero-order chi connectivity index (χ0) is 29.6. The number of carbonyl (C=O) groups is 2. The van der Waals surface area contributed by atoms with Gasteiger partial charge in [-0.3, -0.25) is 14.5 Å². The molecular weight excluding hydrogens is 528 g/mol. The fraction of sp³-hybridized carbons (Fsp3) is 0.486. The quantitative estimate of drug-likeness (QED) is 0.174. The number of hydrogen-bond donors (Lipinski definition) is 0. The van der Waals surface area contributed by atoms with E-state index in [1.165, 1.54) is 6.92 Å². The lowest BCUT2D eigenvalue weighted by molar-refractivity contribution is -0.138. The van der Waals surface area contributed by atoms with Gasteiger partial charge in [-0.25, -0.2) is 0 Å². The summed E-state index contributed by atoms with van der Waals surface area (Å²) in [6.45, 7) is 12.2. The highest BCUT2D eigenvalue weighted by molar-refractivity contribution is 5.92. The number of piperidine rings is 1. The molecule has 0 radical (unpaired) electrons. The standard InChI is InChI=1S/C35H42N2O5/c1-6-17-36-18-16-35-26-13-14-27(37(21-22(2)3)31(39)15-12-24-10-8-7-9-11-24)34(35)42-33-30(40-5)20-29(41-23(4)38)25(32(33)35)19-28(26)36/h6-12,15,20,22,26-28,34H,1,13-14,16-19,21H2,2-5H3/t26-,27-,28+,34-,35-/m0/s1. The summed E-state index contributed by atoms with van der Waals surface area (Å²) >= 11 is 0. The molecule has 2 fully saturated rings. The number of carbonyl (C=O) groups excluding carboxylic acids is 2. The monoisotopic (exact) mass is 570 g/mol. The van der Waals surface area contributed by atoms with Crippen molar-refractivity contribution >= 4 is 18.0 Å². The second-order valence-corrected chi connectivity index (χ2v) is 12.6. The summed E-state index contributed by atoms with van der Waals surface area (Å²) in [7, 11) is 1.63. The Morgan fingerprint density at radius 1 is 1.21 bits per heavy atom. The Kier molecular flexibility index (Phi) is 7.64. The van der Waals surface area contributed by atoms with E-state index in [1.54, 1.807) is 13.2 Å². The van der Waals surface area contributed by atoms with E-state index in [4.69, 9.17) is 14.2 Å². The summed E-state index contributed by atoms with van der Waals surface area (Å²) in [4.78, 5) is 30.8. The molecule has 222 valence electrons. The molecule has 7 nitrogen and oxygen atoms in total. The normalized spacial score (nSPS) is 27.4. The van der Waals surface area contributed by atoms with Crippen LogP contribution in [-0.4, -0.2) is 66.6 Å². The maximum absolute atomic E-state index is 14.0. The highest BCUT2D eigenvalue weighted by Gasteiger charge is 2.67. The summed E-state index contributed by atoms with van der Waals surface area (Å²) in [6, 6.07) is 11.9. The summed E-state index contributed by atoms with van der Waals surface area (Å²) in [5.74, 6) is 2.23. The molecule has 2 bridgehead atoms. The van der Waals surface area contributed by atoms with Crippen LogP contribution in [0, 0.1) is 11.8 Å². The van der Waals surface area contributed by atoms with Crippen LogP contribution < -0.4 is 14.2 Å². The van der Waals surface area contributed by atoms with Crippen molar-refractivity contribution in [2.24, 2.45) is 11.8 Å². The molecular formula is C35H42N2O5. The van der Waals surface area contributed by atoms with Crippen LogP contribution in [0.3, 0.4) is 0 Å². The van der Waals surface area contributed by atoms with Crippen molar-refractivity contribution in [1.82, 2.24) is 9.80 Å². The number of methoxy groups -OCH3 is 1. The highest BCUT2D eigenvalue weighted by atomic mass is 16.5. The summed E-state index contributed by atoms with van der Waals surface area (Å²) < 4.78 is 18.7. The second kappa shape index (κ2) is 11.3. The predicted molar refractivity (Wildman–Crippen MR) is 163 cm³/mol. The number of amides is 1. The zero-order valence-electron chi connectivity index (χ0n) is 25.2. The van der Waals surface area contributed by atoms with Gasteiger partial charge in [-0.2, -0.15) is 0 Å². The lowest BCUT2D eigenvalue weighted by atomic mass is 9.50. The van der Waals surface area contributed by atoms with Crippen molar-refractivity contribution in [2.45, 2.75) is 70.1 Å². The highest BCUT2D eigenvalue weighted by Crippen LogP contribution is 2.65. The molecule has 1 saturated carbocycles. The third-order valence-corrected chi connectivity index (χ3v) is 9.77. The Morgan fingerprint density at radius 2 is 2.00 bits per heavy atom. The van der Waals surface area contributed by atoms with E-state index in [0.29, 0.717) is 29.9 Å². The van der Waals surface area contributed by atoms with Crippen molar-refractivity contribution in [3.63, 3.8) is 0 Å². The van der Waals surface area contributed by atoms with Gasteiger partial charge in [0.2, 0.25) is 5.91 Å². The van der Waals surface area contributed by atoms with Gasteiger partial charge in [0, 0.05) is 54.7 Å². The van der Waals surface area contributed by atoms with E-state index in [2.05, 4.69) is 30.2 Å². The molecule has 2 heterocycles. The number of ether oxygens (including phenoxy) is 3. The summed E-state index contributed by atoms with van der Waals surface area (Å²) in [5, 5.41) is 0. The molecule has 7 heteroatoms. The number of esters is 1. The van der Waals surface area contributed by atoms with Crippen molar-refractivity contribution in [2.75, 3.05) is 26.7 Å². The van der Waals surface area contributed by atoms with Gasteiger partial charge in [-0.15, -0.1) is 6.58 Å². The average molecular weight is 571 g/mol. The van der Waals surface area contributed by atoms with Crippen molar-refractivity contribution in [1.29, 1.82) is 0 Å². The van der Waals surface area contributed by atoms with E-state index in [1.807, 2.05) is 48.6 Å². The fourth-order valence-electron chi connectivity index (χ4n) is 8.36. The van der Waals surface area contributed by atoms with Gasteiger partial charge < -0.3 is 19.1 Å². The Labute approximate surface area is 249 Å². The number of benzene rings is 2. The number of rotatable bonds is 9. The van der Waals surface area contributed by atoms with Gasteiger partial charge in [-0.05, 0) is 55.7 Å². The first-order valence-electron chi connectivity index (χ1n) is 15.3. The third kappa shape index (κ3) is 4.62. The van der Waals surface area contributed by atoms with E-state index in [-0.39, 0.29) is 35.5 Å². The van der Waals surface area contributed by atoms with Crippen LogP contribution in [0.2, 0.25) is 0 Å². The molecule has 42 heavy (non-hydrogen) atoms. The number of likely N-dealkylation sites (tertiary alicyclic amines) is 1. The average Bonchev–Trinajstić information content (AvgIpc) is 3.31. The first-order valence-corrected chi connectivity index (χ1v) is 15.3. The van der Waals surface area contributed by atoms with Crippen LogP contribution in [0.1, 0.15) is 56.7 Å². The first-order chi connectivity index (χ1) is 20.3. The molecule has 6 rings (SSSR count). The number of hydrogen-bond acceptors (Lipinski definition) is 6. The van der Waals surface area contributed by atoms with Crippen molar-refractivity contribution in [3.8, 4) is 17.2 Å². The largest absolute Gasteiger partial charge is 0.493 e. The van der Waals surface area contributed by atoms with Crippen LogP contribution in [0.4, 0.5) is 0 Å². The molecule has 5 atom stereocenters. The lowest BCUT2D eigenvalue weighted by Crippen LogP contribution is -2.69. The summed E-state index contributed by atoms with van der Waals surface area (Å²) in [5.41, 5.74) is 2.89. The molecule has 4 aliphatic rings. The number of nitrogens with zero attached hydrogens (tertiary/aromatic N) is 2. The predicted octanol–water partition coefficient (Wildman–Crippen LogP) is 5.41. The topological polar surface area (TPSA) is 68.3 Å². The molecule has 2 aliphatic heterocycles. The van der Waals surface area contributed by atoms with E-state index in [9.17, 15) is 9.59 Å². The fourth-order valence-corrected chi connectivity index (χ4v) is 8.36. The molecule has 1 amide bonds. The smallest absolute Gasteiger partial charge is 0.308 e. The van der Waals surface area contributed by atoms with E-state index >= 15 is 0 Å². The second-order valence-electron chi connectivity index (χ2n) is 12.6. The van der Waals surface area contributed by atoms with Crippen LogP contribution in [0.15, 0.2) is 55.1 Å². The third-order valence-electron chi connectivity index (χ3n) is 9.77. The molecule has 2 aromatic carbocycles. The molecule has 0 aromatic heterocycles. The van der Waals surface area contributed by atoms with Crippen LogP contribution >= 0.6 is 0 Å². The van der Waals surface area contributed by atoms with E-state index in [0.717, 1.165) is 61.2 Å². The lowest BCUT2D eigenvalue weighted by Gasteiger charge is -2.60. The Hall–Kier alpha value is -3.58. The van der Waals surface area contributed by atoms with Gasteiger partial charge in [0.15, 0.2) is 11.5 Å². The zero-order valence-corrected chi connectivity index (χ0v) is 25.2. The molecule has 1 spiro atoms. The van der Waals surface area contributed by atoms with Gasteiger partial charge in [-0.1, -0.05) is 50.3 Å². The maximum Gasteiger partial charge on any atom is 0.308 e. The minimum Gasteiger partial charge on any atom is -0.493 e. The molecule has 2 aromatic rings. The van der Waals surface area contributed by atoms with Crippen molar-refractivity contribution < 1.29 is 23.8 Å². The van der Waals surface area contributed by atoms with Crippen LogP contribution in [-0.2, 0) is 21.4 Å². The molecule has 1 saturated heterocycles. The minimum absolute atomic E-state index is 0.0104. The van der Waals surface area contributed by atoms with Crippen molar-refractivity contribution in [3.05, 3.63) is 71.8 Å². The van der Waals surface area contributed by atoms with Gasteiger partial charge in [0.05, 0.1) is 13.2 Å². The molecule has 0 unspecified atom stereocenters. The molecule has 0 N–H and O–H groups in total. The Bertz CT molecular complexity index is 1400. The first kappa shape index (κ1) is 28.5. The SMILES string of the molecule is C=CCN1CC[C@]23c4c5c(OC(C)=O)cc(OC)c4O[C@H]2[C@@H](N(CC(C)C)C(=O)C=Cc2ccccc2)CC[C@H]3[C@H]1C5. The minimum atomic E-state index is -0.350. The van der Waals surface area contributed by atoms with Crippen LogP contribution in [0.25, 0.3) is 6.08 Å². The Balaban J connectivity index is 1.46. The van der Waals surface area contributed by atoms with E-state index < -0.39 is 0 Å². The molecule has 2 aliphatic carbocycles. The van der Waals surface area contributed by atoms with Crippen LogP contribution in [0.5, 0.6) is 17.2 Å². The Morgan fingerprint density at radius 3 is 2.69 bits per heavy atom. The van der Waals surface area contributed by atoms with Gasteiger partial charge in [0.1, 0.15) is 11.9 Å². The van der Waals surface area contributed by atoms with Gasteiger partial charge in [0.25, 0.3) is 0 Å². The maximum atomic E-state index is 14.0.